The van der Waals surface area contributed by atoms with Crippen molar-refractivity contribution in [2.45, 2.75) is 19.5 Å². The Morgan fingerprint density at radius 3 is 2.50 bits per heavy atom. The lowest BCUT2D eigenvalue weighted by Crippen LogP contribution is -2.18. The number of carbonyl (C=O) groups is 1. The molecule has 0 radical (unpaired) electrons. The highest BCUT2D eigenvalue weighted by Crippen LogP contribution is 2.22. The number of aromatic nitrogens is 2. The van der Waals surface area contributed by atoms with E-state index in [1.807, 2.05) is 0 Å². The first kappa shape index (κ1) is 10.7. The average Bonchev–Trinajstić information content (AvgIpc) is 2.27. The lowest BCUT2D eigenvalue weighted by atomic mass is 10.1. The Morgan fingerprint density at radius 2 is 2.14 bits per heavy atom. The Morgan fingerprint density at radius 1 is 1.57 bits per heavy atom. The van der Waals surface area contributed by atoms with Crippen molar-refractivity contribution in [3.05, 3.63) is 17.5 Å². The molecule has 6 heteroatoms. The van der Waals surface area contributed by atoms with E-state index in [-0.39, 0.29) is 5.69 Å². The number of hydrogen-bond acceptors (Lipinski definition) is 2. The topological polar surface area (TPSA) is 34.9 Å². The van der Waals surface area contributed by atoms with Gasteiger partial charge < -0.3 is 0 Å². The third kappa shape index (κ3) is 2.34. The van der Waals surface area contributed by atoms with E-state index in [1.165, 1.54) is 13.2 Å². The highest BCUT2D eigenvalue weighted by molar-refractivity contribution is 5.96. The van der Waals surface area contributed by atoms with Crippen molar-refractivity contribution in [2.24, 2.45) is 7.05 Å². The summed E-state index contributed by atoms with van der Waals surface area (Å²) in [6.45, 7) is 1.55. The van der Waals surface area contributed by atoms with Crippen molar-refractivity contribution in [1.82, 2.24) is 9.78 Å². The van der Waals surface area contributed by atoms with Crippen molar-refractivity contribution >= 4 is 5.78 Å². The third-order valence-electron chi connectivity index (χ3n) is 1.75. The molecule has 0 N–H and O–H groups in total. The summed E-state index contributed by atoms with van der Waals surface area (Å²) < 4.78 is 36.9. The molecule has 1 rings (SSSR count). The fourth-order valence-electron chi connectivity index (χ4n) is 1.21. The number of aryl methyl sites for hydroxylation is 2. The zero-order chi connectivity index (χ0) is 10.9. The summed E-state index contributed by atoms with van der Waals surface area (Å²) in [6.07, 6.45) is -4.54. The van der Waals surface area contributed by atoms with Gasteiger partial charge in [0.05, 0.1) is 6.20 Å². The maximum atomic E-state index is 11.9. The van der Waals surface area contributed by atoms with Gasteiger partial charge in [-0.15, -0.1) is 0 Å². The smallest absolute Gasteiger partial charge is 0.292 e. The predicted octanol–water partition coefficient (Wildman–Crippen LogP) is 1.86. The summed E-state index contributed by atoms with van der Waals surface area (Å²) in [7, 11) is 1.44. The van der Waals surface area contributed by atoms with E-state index in [2.05, 4.69) is 5.10 Å². The molecule has 0 atom stereocenters. The molecule has 0 aliphatic carbocycles. The Hall–Kier alpha value is -1.33. The van der Waals surface area contributed by atoms with Crippen molar-refractivity contribution < 1.29 is 18.0 Å². The molecule has 1 aromatic rings. The standard InChI is InChI=1S/C8H9F3N2O/c1-5-4-12-13(2)7(5)6(14)3-8(9,10)11/h4H,3H2,1-2H3. The lowest BCUT2D eigenvalue weighted by molar-refractivity contribution is -0.125. The molecule has 0 amide bonds. The zero-order valence-corrected chi connectivity index (χ0v) is 7.72. The van der Waals surface area contributed by atoms with Gasteiger partial charge in [-0.2, -0.15) is 18.3 Å². The largest absolute Gasteiger partial charge is 0.396 e. The molecule has 0 aliphatic rings. The molecule has 0 saturated carbocycles. The quantitative estimate of drug-likeness (QED) is 0.692. The van der Waals surface area contributed by atoms with Crippen LogP contribution < -0.4 is 0 Å². The molecule has 0 unspecified atom stereocenters. The zero-order valence-electron chi connectivity index (χ0n) is 7.72. The third-order valence-corrected chi connectivity index (χ3v) is 1.75. The van der Waals surface area contributed by atoms with Gasteiger partial charge in [0.15, 0.2) is 5.78 Å². The highest BCUT2D eigenvalue weighted by atomic mass is 19.4. The van der Waals surface area contributed by atoms with E-state index < -0.39 is 18.4 Å². The van der Waals surface area contributed by atoms with Crippen molar-refractivity contribution in [2.75, 3.05) is 0 Å². The summed E-state index contributed by atoms with van der Waals surface area (Å²) in [4.78, 5) is 11.2. The van der Waals surface area contributed by atoms with E-state index >= 15 is 0 Å². The molecule has 14 heavy (non-hydrogen) atoms. The Labute approximate surface area is 78.5 Å². The number of alkyl halides is 3. The van der Waals surface area contributed by atoms with Crippen LogP contribution in [-0.2, 0) is 7.05 Å². The number of Topliss-reactive ketones (excluding diaryl/α,β-unsaturated/α-hetero) is 1. The van der Waals surface area contributed by atoms with Gasteiger partial charge in [-0.05, 0) is 12.5 Å². The Balaban J connectivity index is 2.90. The van der Waals surface area contributed by atoms with Crippen LogP contribution in [-0.4, -0.2) is 21.7 Å². The van der Waals surface area contributed by atoms with E-state index in [0.29, 0.717) is 5.56 Å². The van der Waals surface area contributed by atoms with Gasteiger partial charge in [0.25, 0.3) is 0 Å². The molecular formula is C8H9F3N2O. The van der Waals surface area contributed by atoms with Gasteiger partial charge in [0.2, 0.25) is 0 Å². The monoisotopic (exact) mass is 206 g/mol. The predicted molar refractivity (Wildman–Crippen MR) is 42.9 cm³/mol. The molecule has 0 aliphatic heterocycles. The van der Waals surface area contributed by atoms with Crippen LogP contribution >= 0.6 is 0 Å². The summed E-state index contributed by atoms with van der Waals surface area (Å²) in [5.41, 5.74) is 0.476. The second kappa shape index (κ2) is 3.43. The second-order valence-electron chi connectivity index (χ2n) is 3.01. The molecule has 3 nitrogen and oxygen atoms in total. The fourth-order valence-corrected chi connectivity index (χ4v) is 1.21. The van der Waals surface area contributed by atoms with Gasteiger partial charge in [-0.1, -0.05) is 0 Å². The minimum absolute atomic E-state index is 0.0160. The van der Waals surface area contributed by atoms with E-state index in [1.54, 1.807) is 6.92 Å². The van der Waals surface area contributed by atoms with Gasteiger partial charge >= 0.3 is 6.18 Å². The normalized spacial score (nSPS) is 11.8. The first-order valence-corrected chi connectivity index (χ1v) is 3.90. The van der Waals surface area contributed by atoms with Crippen molar-refractivity contribution in [3.8, 4) is 0 Å². The summed E-state index contributed by atoms with van der Waals surface area (Å²) >= 11 is 0. The van der Waals surface area contributed by atoms with Crippen LogP contribution in [0.1, 0.15) is 22.5 Å². The summed E-state index contributed by atoms with van der Waals surface area (Å²) in [6, 6.07) is 0. The van der Waals surface area contributed by atoms with Crippen molar-refractivity contribution in [3.63, 3.8) is 0 Å². The van der Waals surface area contributed by atoms with Crippen LogP contribution in [0, 0.1) is 6.92 Å². The number of hydrogen-bond donors (Lipinski definition) is 0. The number of ketones is 1. The molecule has 0 fully saturated rings. The number of rotatable bonds is 2. The maximum Gasteiger partial charge on any atom is 0.396 e. The number of carbonyl (C=O) groups excluding carboxylic acids is 1. The minimum Gasteiger partial charge on any atom is -0.292 e. The summed E-state index contributed by atoms with van der Waals surface area (Å²) in [5, 5.41) is 3.70. The van der Waals surface area contributed by atoms with E-state index in [9.17, 15) is 18.0 Å². The van der Waals surface area contributed by atoms with Gasteiger partial charge in [-0.3, -0.25) is 9.48 Å². The van der Waals surface area contributed by atoms with Gasteiger partial charge in [-0.25, -0.2) is 0 Å². The van der Waals surface area contributed by atoms with Crippen LogP contribution in [0.2, 0.25) is 0 Å². The Bertz CT molecular complexity index is 334. The molecule has 1 heterocycles. The first-order chi connectivity index (χ1) is 6.31. The molecule has 0 aromatic carbocycles. The fraction of sp³-hybridized carbons (Fsp3) is 0.500. The van der Waals surface area contributed by atoms with E-state index in [0.717, 1.165) is 4.68 Å². The molecule has 78 valence electrons. The minimum atomic E-state index is -4.46. The average molecular weight is 206 g/mol. The highest BCUT2D eigenvalue weighted by Gasteiger charge is 2.33. The van der Waals surface area contributed by atoms with Crippen LogP contribution in [0.15, 0.2) is 6.20 Å². The molecule has 1 aromatic heterocycles. The van der Waals surface area contributed by atoms with Crippen molar-refractivity contribution in [1.29, 1.82) is 0 Å². The summed E-state index contributed by atoms with van der Waals surface area (Å²) in [5.74, 6) is -0.949. The molecule has 0 saturated heterocycles. The van der Waals surface area contributed by atoms with Crippen LogP contribution in [0.25, 0.3) is 0 Å². The first-order valence-electron chi connectivity index (χ1n) is 3.90. The number of nitrogens with zero attached hydrogens (tertiary/aromatic N) is 2. The van der Waals surface area contributed by atoms with Gasteiger partial charge in [0.1, 0.15) is 12.1 Å². The molecule has 0 bridgehead atoms. The van der Waals surface area contributed by atoms with Crippen LogP contribution in [0.3, 0.4) is 0 Å². The van der Waals surface area contributed by atoms with Crippen LogP contribution in [0.4, 0.5) is 13.2 Å². The Kier molecular flexibility index (Phi) is 2.64. The lowest BCUT2D eigenvalue weighted by Gasteiger charge is -2.06. The van der Waals surface area contributed by atoms with Crippen LogP contribution in [0.5, 0.6) is 0 Å². The maximum absolute atomic E-state index is 11.9. The second-order valence-corrected chi connectivity index (χ2v) is 3.01. The van der Waals surface area contributed by atoms with E-state index in [4.69, 9.17) is 0 Å². The number of halogens is 3. The molecular weight excluding hydrogens is 197 g/mol. The SMILES string of the molecule is Cc1cnn(C)c1C(=O)CC(F)(F)F. The van der Waals surface area contributed by atoms with Gasteiger partial charge in [0, 0.05) is 7.05 Å². The molecule has 0 spiro atoms.